The van der Waals surface area contributed by atoms with Gasteiger partial charge in [-0.15, -0.1) is 5.10 Å². The van der Waals surface area contributed by atoms with Gasteiger partial charge < -0.3 is 4.90 Å². The Balaban J connectivity index is 1.67. The third-order valence-corrected chi connectivity index (χ3v) is 4.01. The van der Waals surface area contributed by atoms with Crippen molar-refractivity contribution in [3.8, 4) is 5.69 Å². The average molecular weight is 285 g/mol. The number of amides is 1. The molecule has 0 N–H and O–H groups in total. The first kappa shape index (κ1) is 12.3. The number of hydrogen-bond donors (Lipinski definition) is 0. The Labute approximate surface area is 120 Å². The van der Waals surface area contributed by atoms with E-state index < -0.39 is 0 Å². The summed E-state index contributed by atoms with van der Waals surface area (Å²) >= 11 is 0. The molecule has 0 aromatic carbocycles. The van der Waals surface area contributed by atoms with Crippen LogP contribution in [0.25, 0.3) is 5.69 Å². The highest BCUT2D eigenvalue weighted by Crippen LogP contribution is 2.31. The normalized spacial score (nSPS) is 17.6. The molecule has 0 spiro atoms. The Morgan fingerprint density at radius 1 is 1.19 bits per heavy atom. The monoisotopic (exact) mass is 285 g/mol. The summed E-state index contributed by atoms with van der Waals surface area (Å²) in [6.45, 7) is 1.52. The molecule has 108 valence electrons. The lowest BCUT2D eigenvalue weighted by Gasteiger charge is -2.26. The van der Waals surface area contributed by atoms with Gasteiger partial charge in [0.05, 0.1) is 12.2 Å². The Hall–Kier alpha value is -2.44. The Kier molecular flexibility index (Phi) is 2.66. The molecule has 7 heteroatoms. The lowest BCUT2D eigenvalue weighted by atomic mass is 10.3. The Morgan fingerprint density at radius 3 is 2.67 bits per heavy atom. The topological polar surface area (TPSA) is 73.0 Å². The second-order valence-electron chi connectivity index (χ2n) is 5.50. The third-order valence-electron chi connectivity index (χ3n) is 4.01. The summed E-state index contributed by atoms with van der Waals surface area (Å²) in [5.74, 6) is 1.05. The maximum atomic E-state index is 12.4. The van der Waals surface area contributed by atoms with Crippen LogP contribution in [-0.4, -0.2) is 36.7 Å². The zero-order chi connectivity index (χ0) is 14.4. The zero-order valence-electron chi connectivity index (χ0n) is 11.5. The molecule has 21 heavy (non-hydrogen) atoms. The summed E-state index contributed by atoms with van der Waals surface area (Å²) in [5.41, 5.74) is 0.534. The van der Waals surface area contributed by atoms with Crippen LogP contribution in [0.15, 0.2) is 29.3 Å². The third kappa shape index (κ3) is 2.05. The van der Waals surface area contributed by atoms with Crippen LogP contribution in [-0.2, 0) is 17.9 Å². The van der Waals surface area contributed by atoms with Gasteiger partial charge in [0.15, 0.2) is 5.82 Å². The highest BCUT2D eigenvalue weighted by atomic mass is 16.2. The summed E-state index contributed by atoms with van der Waals surface area (Å²) in [7, 11) is 0. The molecule has 1 fully saturated rings. The van der Waals surface area contributed by atoms with Gasteiger partial charge in [-0.1, -0.05) is 0 Å². The van der Waals surface area contributed by atoms with Crippen LogP contribution in [0.3, 0.4) is 0 Å². The van der Waals surface area contributed by atoms with E-state index in [9.17, 15) is 9.59 Å². The van der Waals surface area contributed by atoms with E-state index in [0.717, 1.165) is 12.8 Å². The van der Waals surface area contributed by atoms with Gasteiger partial charge in [0, 0.05) is 31.4 Å². The van der Waals surface area contributed by atoms with Crippen molar-refractivity contribution in [2.24, 2.45) is 5.92 Å². The van der Waals surface area contributed by atoms with Crippen LogP contribution in [0, 0.1) is 5.92 Å². The van der Waals surface area contributed by atoms with E-state index in [2.05, 4.69) is 10.1 Å². The molecule has 1 aliphatic heterocycles. The van der Waals surface area contributed by atoms with Crippen LogP contribution < -0.4 is 5.69 Å². The largest absolute Gasteiger partial charge is 0.350 e. The minimum absolute atomic E-state index is 0.158. The SMILES string of the molecule is O=C(C1CC1)N1CCn2c(nn(-c3ccncc3)c2=O)C1. The zero-order valence-corrected chi connectivity index (χ0v) is 11.5. The summed E-state index contributed by atoms with van der Waals surface area (Å²) < 4.78 is 3.03. The molecule has 0 saturated heterocycles. The number of rotatable bonds is 2. The van der Waals surface area contributed by atoms with Crippen molar-refractivity contribution in [3.63, 3.8) is 0 Å². The van der Waals surface area contributed by atoms with Crippen molar-refractivity contribution in [3.05, 3.63) is 40.8 Å². The molecule has 2 aliphatic rings. The molecular formula is C14H15N5O2. The lowest BCUT2D eigenvalue weighted by Crippen LogP contribution is -2.41. The van der Waals surface area contributed by atoms with Gasteiger partial charge in [-0.25, -0.2) is 4.79 Å². The number of carbonyl (C=O) groups is 1. The van der Waals surface area contributed by atoms with Crippen molar-refractivity contribution in [2.45, 2.75) is 25.9 Å². The number of pyridine rings is 1. The lowest BCUT2D eigenvalue weighted by molar-refractivity contribution is -0.134. The van der Waals surface area contributed by atoms with Crippen LogP contribution in [0.1, 0.15) is 18.7 Å². The molecule has 1 saturated carbocycles. The van der Waals surface area contributed by atoms with E-state index in [1.165, 1.54) is 4.68 Å². The van der Waals surface area contributed by atoms with Crippen LogP contribution in [0.4, 0.5) is 0 Å². The van der Waals surface area contributed by atoms with Gasteiger partial charge in [-0.3, -0.25) is 14.3 Å². The maximum Gasteiger partial charge on any atom is 0.350 e. The Morgan fingerprint density at radius 2 is 1.95 bits per heavy atom. The smallest absolute Gasteiger partial charge is 0.333 e. The van der Waals surface area contributed by atoms with Crippen LogP contribution in [0.5, 0.6) is 0 Å². The summed E-state index contributed by atoms with van der Waals surface area (Å²) in [6.07, 6.45) is 5.24. The molecule has 0 atom stereocenters. The molecule has 1 aliphatic carbocycles. The standard InChI is InChI=1S/C14H15N5O2/c20-13(10-1-2-10)17-7-8-18-12(9-17)16-19(14(18)21)11-3-5-15-6-4-11/h3-6,10H,1-2,7-9H2. The molecule has 7 nitrogen and oxygen atoms in total. The average Bonchev–Trinajstić information content (AvgIpc) is 3.32. The van der Waals surface area contributed by atoms with Gasteiger partial charge in [-0.2, -0.15) is 4.68 Å². The molecule has 2 aromatic rings. The molecule has 3 heterocycles. The number of carbonyl (C=O) groups excluding carboxylic acids is 1. The second-order valence-corrected chi connectivity index (χ2v) is 5.50. The van der Waals surface area contributed by atoms with Crippen molar-refractivity contribution in [1.82, 2.24) is 24.2 Å². The first-order valence-corrected chi connectivity index (χ1v) is 7.12. The number of hydrogen-bond acceptors (Lipinski definition) is 4. The summed E-state index contributed by atoms with van der Waals surface area (Å²) in [4.78, 5) is 30.3. The predicted octanol–water partition coefficient (Wildman–Crippen LogP) is 0.181. The van der Waals surface area contributed by atoms with E-state index in [1.807, 2.05) is 4.90 Å². The summed E-state index contributed by atoms with van der Waals surface area (Å²) in [5, 5.41) is 4.38. The quantitative estimate of drug-likeness (QED) is 0.789. The molecule has 4 rings (SSSR count). The summed E-state index contributed by atoms with van der Waals surface area (Å²) in [6, 6.07) is 3.49. The molecule has 0 unspecified atom stereocenters. The van der Waals surface area contributed by atoms with E-state index in [0.29, 0.717) is 31.1 Å². The van der Waals surface area contributed by atoms with Crippen molar-refractivity contribution in [2.75, 3.05) is 6.54 Å². The van der Waals surface area contributed by atoms with Gasteiger partial charge >= 0.3 is 5.69 Å². The van der Waals surface area contributed by atoms with Crippen molar-refractivity contribution >= 4 is 5.91 Å². The number of aromatic nitrogens is 4. The van der Waals surface area contributed by atoms with E-state index in [4.69, 9.17) is 0 Å². The van der Waals surface area contributed by atoms with E-state index in [1.54, 1.807) is 29.1 Å². The predicted molar refractivity (Wildman–Crippen MR) is 73.8 cm³/mol. The van der Waals surface area contributed by atoms with Gasteiger partial charge in [-0.05, 0) is 25.0 Å². The highest BCUT2D eigenvalue weighted by Gasteiger charge is 2.35. The van der Waals surface area contributed by atoms with E-state index in [-0.39, 0.29) is 17.5 Å². The van der Waals surface area contributed by atoms with Gasteiger partial charge in [0.25, 0.3) is 0 Å². The number of fused-ring (bicyclic) bond motifs is 1. The molecule has 0 bridgehead atoms. The first-order chi connectivity index (χ1) is 10.2. The van der Waals surface area contributed by atoms with Crippen molar-refractivity contribution in [1.29, 1.82) is 0 Å². The fraction of sp³-hybridized carbons (Fsp3) is 0.429. The minimum Gasteiger partial charge on any atom is -0.333 e. The Bertz CT molecular complexity index is 744. The second kappa shape index (κ2) is 4.54. The van der Waals surface area contributed by atoms with E-state index >= 15 is 0 Å². The van der Waals surface area contributed by atoms with Gasteiger partial charge in [0.2, 0.25) is 5.91 Å². The first-order valence-electron chi connectivity index (χ1n) is 7.12. The van der Waals surface area contributed by atoms with Gasteiger partial charge in [0.1, 0.15) is 0 Å². The molecular weight excluding hydrogens is 270 g/mol. The fourth-order valence-corrected chi connectivity index (χ4v) is 2.68. The van der Waals surface area contributed by atoms with Crippen molar-refractivity contribution < 1.29 is 4.79 Å². The van der Waals surface area contributed by atoms with Crippen LogP contribution in [0.2, 0.25) is 0 Å². The highest BCUT2D eigenvalue weighted by molar-refractivity contribution is 5.81. The number of nitrogens with zero attached hydrogens (tertiary/aromatic N) is 5. The molecule has 0 radical (unpaired) electrons. The fourth-order valence-electron chi connectivity index (χ4n) is 2.68. The van der Waals surface area contributed by atoms with Crippen LogP contribution >= 0.6 is 0 Å². The molecule has 1 amide bonds. The molecule has 2 aromatic heterocycles. The minimum atomic E-state index is -0.158. The maximum absolute atomic E-state index is 12.4.